The van der Waals surface area contributed by atoms with Crippen LogP contribution in [0.1, 0.15) is 17.7 Å². The van der Waals surface area contributed by atoms with Crippen LogP contribution in [0.4, 0.5) is 11.6 Å². The van der Waals surface area contributed by atoms with Gasteiger partial charge in [0.2, 0.25) is 0 Å². The van der Waals surface area contributed by atoms with Gasteiger partial charge in [0.1, 0.15) is 12.1 Å². The van der Waals surface area contributed by atoms with Crippen LogP contribution >= 0.6 is 0 Å². The summed E-state index contributed by atoms with van der Waals surface area (Å²) in [7, 11) is 2.12. The molecule has 1 aliphatic heterocycles. The van der Waals surface area contributed by atoms with Crippen LogP contribution in [0.2, 0.25) is 0 Å². The Bertz CT molecular complexity index is 929. The first kappa shape index (κ1) is 14.6. The average Bonchev–Trinajstić information content (AvgIpc) is 3.07. The van der Waals surface area contributed by atoms with E-state index in [9.17, 15) is 0 Å². The maximum absolute atomic E-state index is 4.52. The van der Waals surface area contributed by atoms with E-state index in [1.54, 1.807) is 6.33 Å². The van der Waals surface area contributed by atoms with Crippen molar-refractivity contribution in [1.29, 1.82) is 0 Å². The van der Waals surface area contributed by atoms with Gasteiger partial charge in [-0.2, -0.15) is 5.10 Å². The number of anilines is 2. The molecule has 2 aliphatic rings. The summed E-state index contributed by atoms with van der Waals surface area (Å²) in [4.78, 5) is 13.4. The Balaban J connectivity index is 1.34. The smallest absolute Gasteiger partial charge is 0.151 e. The van der Waals surface area contributed by atoms with Crippen molar-refractivity contribution in [3.63, 3.8) is 0 Å². The first-order valence-electron chi connectivity index (χ1n) is 8.82. The van der Waals surface area contributed by atoms with E-state index in [1.807, 2.05) is 18.2 Å². The molecule has 1 saturated heterocycles. The molecule has 0 unspecified atom stereocenters. The van der Waals surface area contributed by atoms with Crippen molar-refractivity contribution >= 4 is 22.5 Å². The maximum Gasteiger partial charge on any atom is 0.151 e. The lowest BCUT2D eigenvalue weighted by Gasteiger charge is -2.45. The van der Waals surface area contributed by atoms with Gasteiger partial charge in [0, 0.05) is 25.5 Å². The van der Waals surface area contributed by atoms with Crippen LogP contribution in [0.15, 0.2) is 36.7 Å². The highest BCUT2D eigenvalue weighted by molar-refractivity contribution is 5.89. The Morgan fingerprint density at radius 3 is 2.88 bits per heavy atom. The molecule has 0 atom stereocenters. The molecule has 0 radical (unpaired) electrons. The molecule has 0 N–H and O–H groups in total. The summed E-state index contributed by atoms with van der Waals surface area (Å²) < 4.78 is 0. The summed E-state index contributed by atoms with van der Waals surface area (Å²) in [6, 6.07) is 10.8. The summed E-state index contributed by atoms with van der Waals surface area (Å²) in [6.45, 7) is 1.89. The molecule has 0 saturated carbocycles. The van der Waals surface area contributed by atoms with Crippen LogP contribution in [0, 0.1) is 0 Å². The van der Waals surface area contributed by atoms with E-state index in [0.717, 1.165) is 48.5 Å². The standard InChI is InChI=1S/C19H20N6/c1-24(19-15-6-2-3-7-17(15)20-12-21-19)14-10-25(11-14)18-9-13-5-4-8-16(13)22-23-18/h2-3,6-7,9,12,14H,4-5,8,10-11H2,1H3. The van der Waals surface area contributed by atoms with E-state index in [-0.39, 0.29) is 0 Å². The summed E-state index contributed by atoms with van der Waals surface area (Å²) in [5, 5.41) is 9.93. The Morgan fingerprint density at radius 2 is 1.96 bits per heavy atom. The molecular formula is C19H20N6. The summed E-state index contributed by atoms with van der Waals surface area (Å²) in [5.41, 5.74) is 3.55. The van der Waals surface area contributed by atoms with E-state index < -0.39 is 0 Å². The number of para-hydroxylation sites is 1. The van der Waals surface area contributed by atoms with Crippen molar-refractivity contribution in [3.8, 4) is 0 Å². The molecule has 0 amide bonds. The fourth-order valence-corrected chi connectivity index (χ4v) is 3.80. The monoisotopic (exact) mass is 332 g/mol. The minimum absolute atomic E-state index is 0.424. The third-order valence-corrected chi connectivity index (χ3v) is 5.40. The van der Waals surface area contributed by atoms with E-state index in [1.165, 1.54) is 17.7 Å². The number of likely N-dealkylation sites (N-methyl/N-ethyl adjacent to an activating group) is 1. The highest BCUT2D eigenvalue weighted by Gasteiger charge is 2.33. The van der Waals surface area contributed by atoms with E-state index in [2.05, 4.69) is 49.1 Å². The van der Waals surface area contributed by atoms with Crippen molar-refractivity contribution in [3.05, 3.63) is 47.9 Å². The van der Waals surface area contributed by atoms with E-state index >= 15 is 0 Å². The molecule has 6 nitrogen and oxygen atoms in total. The van der Waals surface area contributed by atoms with Crippen molar-refractivity contribution in [2.24, 2.45) is 0 Å². The highest BCUT2D eigenvalue weighted by atomic mass is 15.4. The molecule has 1 aromatic carbocycles. The molecule has 0 bridgehead atoms. The lowest BCUT2D eigenvalue weighted by atomic mass is 10.1. The second-order valence-electron chi connectivity index (χ2n) is 6.91. The van der Waals surface area contributed by atoms with Gasteiger partial charge in [-0.05, 0) is 43.0 Å². The molecule has 6 heteroatoms. The Hall–Kier alpha value is -2.76. The number of nitrogens with zero attached hydrogens (tertiary/aromatic N) is 6. The quantitative estimate of drug-likeness (QED) is 0.733. The number of hydrogen-bond acceptors (Lipinski definition) is 6. The minimum Gasteiger partial charge on any atom is -0.353 e. The number of fused-ring (bicyclic) bond motifs is 2. The van der Waals surface area contributed by atoms with E-state index in [4.69, 9.17) is 0 Å². The van der Waals surface area contributed by atoms with Gasteiger partial charge in [0.15, 0.2) is 5.82 Å². The Kier molecular flexibility index (Phi) is 3.29. The van der Waals surface area contributed by atoms with Crippen molar-refractivity contribution in [1.82, 2.24) is 20.2 Å². The highest BCUT2D eigenvalue weighted by Crippen LogP contribution is 2.29. The molecule has 25 heavy (non-hydrogen) atoms. The molecule has 1 fully saturated rings. The van der Waals surface area contributed by atoms with Gasteiger partial charge in [-0.1, -0.05) is 12.1 Å². The van der Waals surface area contributed by atoms with Crippen molar-refractivity contribution in [2.75, 3.05) is 29.9 Å². The number of hydrogen-bond donors (Lipinski definition) is 0. The van der Waals surface area contributed by atoms with Crippen LogP contribution in [0.5, 0.6) is 0 Å². The average molecular weight is 332 g/mol. The van der Waals surface area contributed by atoms with Crippen LogP contribution < -0.4 is 9.80 Å². The van der Waals surface area contributed by atoms with Gasteiger partial charge in [-0.3, -0.25) is 0 Å². The molecule has 5 rings (SSSR count). The fraction of sp³-hybridized carbons (Fsp3) is 0.368. The first-order chi connectivity index (χ1) is 12.3. The number of aryl methyl sites for hydroxylation is 2. The predicted octanol–water partition coefficient (Wildman–Crippen LogP) is 2.23. The third-order valence-electron chi connectivity index (χ3n) is 5.40. The minimum atomic E-state index is 0.424. The van der Waals surface area contributed by atoms with E-state index in [0.29, 0.717) is 6.04 Å². The molecule has 0 spiro atoms. The van der Waals surface area contributed by atoms with Crippen LogP contribution in [-0.2, 0) is 12.8 Å². The van der Waals surface area contributed by atoms with Crippen molar-refractivity contribution in [2.45, 2.75) is 25.3 Å². The predicted molar refractivity (Wildman–Crippen MR) is 98.0 cm³/mol. The van der Waals surface area contributed by atoms with Gasteiger partial charge in [0.25, 0.3) is 0 Å². The van der Waals surface area contributed by atoms with Gasteiger partial charge < -0.3 is 9.80 Å². The lowest BCUT2D eigenvalue weighted by molar-refractivity contribution is 0.488. The second-order valence-corrected chi connectivity index (χ2v) is 6.91. The van der Waals surface area contributed by atoms with Crippen LogP contribution in [0.25, 0.3) is 10.9 Å². The number of rotatable bonds is 3. The summed E-state index contributed by atoms with van der Waals surface area (Å²) >= 11 is 0. The van der Waals surface area contributed by atoms with Gasteiger partial charge >= 0.3 is 0 Å². The molecule has 3 aromatic rings. The van der Waals surface area contributed by atoms with Gasteiger partial charge in [0.05, 0.1) is 17.3 Å². The lowest BCUT2D eigenvalue weighted by Crippen LogP contribution is -2.59. The second kappa shape index (κ2) is 5.65. The summed E-state index contributed by atoms with van der Waals surface area (Å²) in [6.07, 6.45) is 5.08. The van der Waals surface area contributed by atoms with Crippen molar-refractivity contribution < 1.29 is 0 Å². The molecule has 126 valence electrons. The largest absolute Gasteiger partial charge is 0.353 e. The SMILES string of the molecule is CN(c1ncnc2ccccc12)C1CN(c2cc3c(nn2)CCC3)C1. The zero-order valence-corrected chi connectivity index (χ0v) is 14.3. The Morgan fingerprint density at radius 1 is 1.08 bits per heavy atom. The number of benzene rings is 1. The van der Waals surface area contributed by atoms with Crippen LogP contribution in [0.3, 0.4) is 0 Å². The molecule has 1 aliphatic carbocycles. The zero-order chi connectivity index (χ0) is 16.8. The normalized spacial score (nSPS) is 16.8. The fourth-order valence-electron chi connectivity index (χ4n) is 3.80. The van der Waals surface area contributed by atoms with Crippen LogP contribution in [-0.4, -0.2) is 46.3 Å². The zero-order valence-electron chi connectivity index (χ0n) is 14.3. The number of aromatic nitrogens is 4. The summed E-state index contributed by atoms with van der Waals surface area (Å²) in [5.74, 6) is 2.01. The molecular weight excluding hydrogens is 312 g/mol. The first-order valence-corrected chi connectivity index (χ1v) is 8.82. The Labute approximate surface area is 146 Å². The molecule has 3 heterocycles. The topological polar surface area (TPSA) is 58.0 Å². The molecule has 2 aromatic heterocycles. The van der Waals surface area contributed by atoms with Gasteiger partial charge in [-0.25, -0.2) is 9.97 Å². The third kappa shape index (κ3) is 2.40. The van der Waals surface area contributed by atoms with Gasteiger partial charge in [-0.15, -0.1) is 5.10 Å². The maximum atomic E-state index is 4.52.